The van der Waals surface area contributed by atoms with Crippen LogP contribution in [-0.2, 0) is 19.0 Å². The topological polar surface area (TPSA) is 0 Å². The van der Waals surface area contributed by atoms with Crippen molar-refractivity contribution in [2.75, 3.05) is 0 Å². The van der Waals surface area contributed by atoms with E-state index in [2.05, 4.69) is 28.1 Å². The lowest BCUT2D eigenvalue weighted by atomic mass is 10.0. The molecule has 0 aliphatic heterocycles. The minimum atomic E-state index is -4.26. The molecule has 0 amide bonds. The highest BCUT2D eigenvalue weighted by Gasteiger charge is 2.29. The predicted octanol–water partition coefficient (Wildman–Crippen LogP) is 5.64. The maximum absolute atomic E-state index is 12.5. The van der Waals surface area contributed by atoms with Gasteiger partial charge >= 0.3 is 6.18 Å². The summed E-state index contributed by atoms with van der Waals surface area (Å²) in [6.07, 6.45) is -1.63. The summed E-state index contributed by atoms with van der Waals surface area (Å²) in [5.41, 5.74) is 1.59. The van der Waals surface area contributed by atoms with Crippen LogP contribution in [0.15, 0.2) is 54.6 Å². The van der Waals surface area contributed by atoms with Gasteiger partial charge in [0, 0.05) is 4.83 Å². The number of hydrogen-bond donors (Lipinski definition) is 0. The van der Waals surface area contributed by atoms with Gasteiger partial charge in [-0.2, -0.15) is 13.2 Å². The lowest BCUT2D eigenvalue weighted by molar-refractivity contribution is -0.137. The van der Waals surface area contributed by atoms with Crippen molar-refractivity contribution in [3.63, 3.8) is 0 Å². The molecular formula is C17H16BrF3. The lowest BCUT2D eigenvalue weighted by Gasteiger charge is -2.11. The van der Waals surface area contributed by atoms with Crippen molar-refractivity contribution >= 4 is 15.9 Å². The molecular weight excluding hydrogens is 341 g/mol. The van der Waals surface area contributed by atoms with Crippen LogP contribution in [0.2, 0.25) is 0 Å². The minimum Gasteiger partial charge on any atom is -0.166 e. The zero-order chi connectivity index (χ0) is 15.3. The SMILES string of the molecule is FC(F)(F)c1ccc(CC(Br)CCc2ccccc2)cc1. The molecule has 1 unspecified atom stereocenters. The van der Waals surface area contributed by atoms with E-state index in [4.69, 9.17) is 0 Å². The average Bonchev–Trinajstić information content (AvgIpc) is 2.46. The molecule has 112 valence electrons. The van der Waals surface area contributed by atoms with Crippen LogP contribution >= 0.6 is 15.9 Å². The van der Waals surface area contributed by atoms with Crippen molar-refractivity contribution in [2.24, 2.45) is 0 Å². The molecule has 0 aliphatic carbocycles. The van der Waals surface area contributed by atoms with Crippen molar-refractivity contribution < 1.29 is 13.2 Å². The van der Waals surface area contributed by atoms with E-state index in [1.54, 1.807) is 12.1 Å². The fraction of sp³-hybridized carbons (Fsp3) is 0.294. The maximum atomic E-state index is 12.5. The summed E-state index contributed by atoms with van der Waals surface area (Å²) >= 11 is 3.61. The molecule has 0 aliphatic rings. The second-order valence-electron chi connectivity index (χ2n) is 5.02. The Morgan fingerprint density at radius 1 is 0.857 bits per heavy atom. The zero-order valence-corrected chi connectivity index (χ0v) is 13.0. The van der Waals surface area contributed by atoms with Crippen LogP contribution in [0.3, 0.4) is 0 Å². The third-order valence-corrected chi connectivity index (χ3v) is 4.11. The molecule has 0 N–H and O–H groups in total. The fourth-order valence-corrected chi connectivity index (χ4v) is 2.76. The molecule has 0 fully saturated rings. The Balaban J connectivity index is 1.86. The van der Waals surface area contributed by atoms with Gasteiger partial charge in [0.1, 0.15) is 0 Å². The molecule has 0 radical (unpaired) electrons. The first-order valence-electron chi connectivity index (χ1n) is 6.79. The summed E-state index contributed by atoms with van der Waals surface area (Å²) in [4.78, 5) is 0.259. The van der Waals surface area contributed by atoms with E-state index in [1.807, 2.05) is 18.2 Å². The van der Waals surface area contributed by atoms with E-state index in [-0.39, 0.29) is 4.83 Å². The van der Waals surface area contributed by atoms with Gasteiger partial charge in [0.15, 0.2) is 0 Å². The maximum Gasteiger partial charge on any atom is 0.416 e. The van der Waals surface area contributed by atoms with Crippen LogP contribution in [0.25, 0.3) is 0 Å². The Morgan fingerprint density at radius 3 is 2.05 bits per heavy atom. The molecule has 0 bridgehead atoms. The van der Waals surface area contributed by atoms with Gasteiger partial charge in [0.25, 0.3) is 0 Å². The van der Waals surface area contributed by atoms with Crippen LogP contribution < -0.4 is 0 Å². The van der Waals surface area contributed by atoms with Crippen molar-refractivity contribution in [2.45, 2.75) is 30.3 Å². The van der Waals surface area contributed by atoms with E-state index in [1.165, 1.54) is 5.56 Å². The molecule has 2 aromatic rings. The largest absolute Gasteiger partial charge is 0.416 e. The average molecular weight is 357 g/mol. The zero-order valence-electron chi connectivity index (χ0n) is 11.4. The van der Waals surface area contributed by atoms with E-state index in [9.17, 15) is 13.2 Å². The minimum absolute atomic E-state index is 0.259. The number of benzene rings is 2. The van der Waals surface area contributed by atoms with E-state index < -0.39 is 11.7 Å². The summed E-state index contributed by atoms with van der Waals surface area (Å²) < 4.78 is 37.4. The number of halogens is 4. The molecule has 0 nitrogen and oxygen atoms in total. The molecule has 2 rings (SSSR count). The van der Waals surface area contributed by atoms with E-state index in [0.717, 1.165) is 37.0 Å². The Morgan fingerprint density at radius 2 is 1.48 bits per heavy atom. The molecule has 0 heterocycles. The van der Waals surface area contributed by atoms with Crippen molar-refractivity contribution in [3.05, 3.63) is 71.3 Å². The second-order valence-corrected chi connectivity index (χ2v) is 6.32. The van der Waals surface area contributed by atoms with Gasteiger partial charge in [-0.25, -0.2) is 0 Å². The van der Waals surface area contributed by atoms with Gasteiger partial charge in [-0.1, -0.05) is 58.4 Å². The van der Waals surface area contributed by atoms with Gasteiger partial charge in [-0.15, -0.1) is 0 Å². The molecule has 2 aromatic carbocycles. The highest BCUT2D eigenvalue weighted by Crippen LogP contribution is 2.29. The smallest absolute Gasteiger partial charge is 0.166 e. The fourth-order valence-electron chi connectivity index (χ4n) is 2.16. The Hall–Kier alpha value is -1.29. The first kappa shape index (κ1) is 16.1. The number of rotatable bonds is 5. The summed E-state index contributed by atoms with van der Waals surface area (Å²) in [5.74, 6) is 0. The van der Waals surface area contributed by atoms with Gasteiger partial charge in [0.05, 0.1) is 5.56 Å². The Bertz CT molecular complexity index is 546. The van der Waals surface area contributed by atoms with Gasteiger partial charge in [-0.3, -0.25) is 0 Å². The third-order valence-electron chi connectivity index (χ3n) is 3.33. The third kappa shape index (κ3) is 5.20. The standard InChI is InChI=1S/C17H16BrF3/c18-16(11-8-13-4-2-1-3-5-13)12-14-6-9-15(10-7-14)17(19,20)21/h1-7,9-10,16H,8,11-12H2. The molecule has 1 atom stereocenters. The highest BCUT2D eigenvalue weighted by molar-refractivity contribution is 9.09. The first-order chi connectivity index (χ1) is 9.95. The monoisotopic (exact) mass is 356 g/mol. The quantitative estimate of drug-likeness (QED) is 0.607. The second kappa shape index (κ2) is 7.12. The van der Waals surface area contributed by atoms with Crippen LogP contribution in [0, 0.1) is 0 Å². The summed E-state index contributed by atoms with van der Waals surface area (Å²) in [5, 5.41) is 0. The highest BCUT2D eigenvalue weighted by atomic mass is 79.9. The summed E-state index contributed by atoms with van der Waals surface area (Å²) in [7, 11) is 0. The number of hydrogen-bond acceptors (Lipinski definition) is 0. The normalized spacial score (nSPS) is 13.1. The van der Waals surface area contributed by atoms with Crippen LogP contribution in [0.5, 0.6) is 0 Å². The molecule has 0 spiro atoms. The Kier molecular flexibility index (Phi) is 5.45. The van der Waals surface area contributed by atoms with E-state index >= 15 is 0 Å². The predicted molar refractivity (Wildman–Crippen MR) is 82.6 cm³/mol. The summed E-state index contributed by atoms with van der Waals surface area (Å²) in [6, 6.07) is 15.6. The van der Waals surface area contributed by atoms with Gasteiger partial charge in [0.2, 0.25) is 0 Å². The van der Waals surface area contributed by atoms with Crippen LogP contribution in [0.4, 0.5) is 13.2 Å². The number of alkyl halides is 4. The summed E-state index contributed by atoms with van der Waals surface area (Å²) in [6.45, 7) is 0. The van der Waals surface area contributed by atoms with Crippen LogP contribution in [-0.4, -0.2) is 4.83 Å². The van der Waals surface area contributed by atoms with Gasteiger partial charge in [-0.05, 0) is 42.5 Å². The first-order valence-corrected chi connectivity index (χ1v) is 7.71. The molecule has 0 saturated carbocycles. The lowest BCUT2D eigenvalue weighted by Crippen LogP contribution is -2.07. The van der Waals surface area contributed by atoms with E-state index in [0.29, 0.717) is 0 Å². The molecule has 4 heteroatoms. The van der Waals surface area contributed by atoms with Crippen molar-refractivity contribution in [3.8, 4) is 0 Å². The van der Waals surface area contributed by atoms with Gasteiger partial charge < -0.3 is 0 Å². The molecule has 0 aromatic heterocycles. The number of aryl methyl sites for hydroxylation is 1. The molecule has 21 heavy (non-hydrogen) atoms. The van der Waals surface area contributed by atoms with Crippen molar-refractivity contribution in [1.82, 2.24) is 0 Å². The van der Waals surface area contributed by atoms with Crippen LogP contribution in [0.1, 0.15) is 23.1 Å². The van der Waals surface area contributed by atoms with Crippen molar-refractivity contribution in [1.29, 1.82) is 0 Å². The Labute approximate surface area is 131 Å². The molecule has 0 saturated heterocycles.